The van der Waals surface area contributed by atoms with Crippen LogP contribution in [0.25, 0.3) is 0 Å². The summed E-state index contributed by atoms with van der Waals surface area (Å²) in [6, 6.07) is 0.418. The molecule has 152 valence electrons. The van der Waals surface area contributed by atoms with E-state index in [-0.39, 0.29) is 25.1 Å². The Morgan fingerprint density at radius 1 is 1.33 bits per heavy atom. The van der Waals surface area contributed by atoms with Crippen molar-refractivity contribution in [3.05, 3.63) is 0 Å². The number of hydrogen-bond acceptors (Lipinski definition) is 5. The summed E-state index contributed by atoms with van der Waals surface area (Å²) >= 11 is 0. The Balaban J connectivity index is 1.37. The molecule has 5 fully saturated rings. The summed E-state index contributed by atoms with van der Waals surface area (Å²) in [6.45, 7) is 10.9. The molecule has 0 spiro atoms. The summed E-state index contributed by atoms with van der Waals surface area (Å²) in [7, 11) is -0.283. The molecule has 5 unspecified atom stereocenters. The standard InChI is InChI=1S/C20H36BN3O3/c1-14-17-11-15(20(17,2)3)7-10-26-21(27-14)18-5-4-9-24(18)19(25)13-23-16-6-8-22-12-16/h14-18,22-23H,4-13H2,1-3H3. The van der Waals surface area contributed by atoms with E-state index in [1.807, 2.05) is 4.90 Å². The molecule has 4 saturated heterocycles. The van der Waals surface area contributed by atoms with Gasteiger partial charge in [0.2, 0.25) is 5.91 Å². The lowest BCUT2D eigenvalue weighted by molar-refractivity contribution is -0.130. The first-order valence-corrected chi connectivity index (χ1v) is 11.0. The van der Waals surface area contributed by atoms with Crippen LogP contribution >= 0.6 is 0 Å². The molecule has 4 heterocycles. The SMILES string of the molecule is CC1OB(C2CCCN2C(=O)CNC2CCNC2)OCCC2CC1C2(C)C. The normalized spacial score (nSPS) is 38.9. The first-order chi connectivity index (χ1) is 13.0. The summed E-state index contributed by atoms with van der Waals surface area (Å²) in [5.74, 6) is 1.57. The zero-order valence-electron chi connectivity index (χ0n) is 17.2. The number of nitrogens with one attached hydrogen (secondary N) is 2. The maximum absolute atomic E-state index is 12.9. The van der Waals surface area contributed by atoms with E-state index in [0.29, 0.717) is 23.9 Å². The Hall–Kier alpha value is -0.625. The van der Waals surface area contributed by atoms with Crippen LogP contribution in [0.5, 0.6) is 0 Å². The largest absolute Gasteiger partial charge is 0.481 e. The molecule has 0 aromatic rings. The van der Waals surface area contributed by atoms with Crippen LogP contribution in [0.1, 0.15) is 52.9 Å². The molecule has 0 aromatic carbocycles. The molecular weight excluding hydrogens is 341 g/mol. The number of carbonyl (C=O) groups is 1. The van der Waals surface area contributed by atoms with Crippen LogP contribution in [0.3, 0.4) is 0 Å². The Morgan fingerprint density at radius 2 is 2.19 bits per heavy atom. The van der Waals surface area contributed by atoms with Crippen molar-refractivity contribution in [2.75, 3.05) is 32.8 Å². The molecule has 1 aliphatic carbocycles. The molecule has 5 aliphatic rings. The van der Waals surface area contributed by atoms with E-state index in [9.17, 15) is 4.79 Å². The highest BCUT2D eigenvalue weighted by atomic mass is 16.6. The van der Waals surface area contributed by atoms with E-state index in [1.54, 1.807) is 0 Å². The highest BCUT2D eigenvalue weighted by molar-refractivity contribution is 6.47. The van der Waals surface area contributed by atoms with Crippen molar-refractivity contribution in [3.63, 3.8) is 0 Å². The van der Waals surface area contributed by atoms with Gasteiger partial charge in [-0.05, 0) is 62.8 Å². The summed E-state index contributed by atoms with van der Waals surface area (Å²) in [5, 5.41) is 6.75. The summed E-state index contributed by atoms with van der Waals surface area (Å²) in [5.41, 5.74) is 0.335. The molecule has 1 amide bonds. The lowest BCUT2D eigenvalue weighted by Crippen LogP contribution is -2.54. The molecule has 5 atom stereocenters. The van der Waals surface area contributed by atoms with Crippen molar-refractivity contribution in [2.24, 2.45) is 17.3 Å². The number of amides is 1. The third-order valence-corrected chi connectivity index (χ3v) is 7.75. The highest BCUT2D eigenvalue weighted by Gasteiger charge is 2.53. The highest BCUT2D eigenvalue weighted by Crippen LogP contribution is 2.55. The molecule has 6 nitrogen and oxygen atoms in total. The average molecular weight is 377 g/mol. The average Bonchev–Trinajstić information content (AvgIpc) is 3.32. The van der Waals surface area contributed by atoms with E-state index in [4.69, 9.17) is 9.31 Å². The van der Waals surface area contributed by atoms with Gasteiger partial charge in [0.15, 0.2) is 0 Å². The van der Waals surface area contributed by atoms with Gasteiger partial charge in [0.1, 0.15) is 0 Å². The van der Waals surface area contributed by atoms with Gasteiger partial charge in [0, 0.05) is 31.8 Å². The lowest BCUT2D eigenvalue weighted by Gasteiger charge is -2.54. The summed E-state index contributed by atoms with van der Waals surface area (Å²) < 4.78 is 12.7. The first-order valence-electron chi connectivity index (χ1n) is 11.0. The van der Waals surface area contributed by atoms with Crippen molar-refractivity contribution >= 4 is 13.0 Å². The van der Waals surface area contributed by atoms with Crippen LogP contribution in [0.4, 0.5) is 0 Å². The van der Waals surface area contributed by atoms with Crippen LogP contribution in [0, 0.1) is 17.3 Å². The third-order valence-electron chi connectivity index (χ3n) is 7.75. The molecule has 0 aromatic heterocycles. The van der Waals surface area contributed by atoms with Gasteiger partial charge in [-0.3, -0.25) is 4.79 Å². The predicted molar refractivity (Wildman–Crippen MR) is 106 cm³/mol. The molecule has 7 heteroatoms. The topological polar surface area (TPSA) is 62.8 Å². The summed E-state index contributed by atoms with van der Waals surface area (Å²) in [4.78, 5) is 14.9. The van der Waals surface area contributed by atoms with Crippen LogP contribution in [-0.4, -0.2) is 68.8 Å². The van der Waals surface area contributed by atoms with Crippen molar-refractivity contribution < 1.29 is 14.1 Å². The fourth-order valence-electron chi connectivity index (χ4n) is 5.76. The zero-order valence-corrected chi connectivity index (χ0v) is 17.2. The van der Waals surface area contributed by atoms with Crippen LogP contribution in [0.15, 0.2) is 0 Å². The Labute approximate surface area is 164 Å². The number of hydrogen-bond donors (Lipinski definition) is 2. The van der Waals surface area contributed by atoms with Gasteiger partial charge in [-0.15, -0.1) is 0 Å². The van der Waals surface area contributed by atoms with Gasteiger partial charge in [0.05, 0.1) is 12.5 Å². The lowest BCUT2D eigenvalue weighted by atomic mass is 9.52. The fraction of sp³-hybridized carbons (Fsp3) is 0.950. The van der Waals surface area contributed by atoms with Crippen molar-refractivity contribution in [1.82, 2.24) is 15.5 Å². The van der Waals surface area contributed by atoms with E-state index < -0.39 is 0 Å². The van der Waals surface area contributed by atoms with Crippen molar-refractivity contribution in [1.29, 1.82) is 0 Å². The maximum Gasteiger partial charge on any atom is 0.481 e. The minimum Gasteiger partial charge on any atom is -0.410 e. The number of fused-ring (bicyclic) bond motifs is 5. The van der Waals surface area contributed by atoms with Gasteiger partial charge in [-0.2, -0.15) is 0 Å². The fourth-order valence-corrected chi connectivity index (χ4v) is 5.76. The zero-order chi connectivity index (χ0) is 19.0. The molecular formula is C20H36BN3O3. The summed E-state index contributed by atoms with van der Waals surface area (Å²) in [6.07, 6.45) is 5.65. The number of rotatable bonds is 4. The molecule has 27 heavy (non-hydrogen) atoms. The van der Waals surface area contributed by atoms with E-state index >= 15 is 0 Å². The smallest absolute Gasteiger partial charge is 0.410 e. The third kappa shape index (κ3) is 3.93. The molecule has 5 rings (SSSR count). The molecule has 0 radical (unpaired) electrons. The Bertz CT molecular complexity index is 541. The van der Waals surface area contributed by atoms with E-state index in [0.717, 1.165) is 57.8 Å². The minimum atomic E-state index is -0.283. The van der Waals surface area contributed by atoms with Gasteiger partial charge < -0.3 is 24.8 Å². The number of likely N-dealkylation sites (tertiary alicyclic amines) is 1. The van der Waals surface area contributed by atoms with Gasteiger partial charge in [-0.25, -0.2) is 0 Å². The van der Waals surface area contributed by atoms with Crippen LogP contribution < -0.4 is 10.6 Å². The molecule has 2 N–H and O–H groups in total. The van der Waals surface area contributed by atoms with Gasteiger partial charge in [0.25, 0.3) is 0 Å². The number of nitrogens with zero attached hydrogens (tertiary/aromatic N) is 1. The second kappa shape index (κ2) is 8.01. The molecule has 1 saturated carbocycles. The molecule has 2 bridgehead atoms. The van der Waals surface area contributed by atoms with Gasteiger partial charge >= 0.3 is 7.12 Å². The Morgan fingerprint density at radius 3 is 2.93 bits per heavy atom. The van der Waals surface area contributed by atoms with E-state index in [1.165, 1.54) is 6.42 Å². The number of carbonyl (C=O) groups excluding carboxylic acids is 1. The van der Waals surface area contributed by atoms with Crippen molar-refractivity contribution in [3.8, 4) is 0 Å². The Kier molecular flexibility index (Phi) is 5.84. The quantitative estimate of drug-likeness (QED) is 0.726. The van der Waals surface area contributed by atoms with Gasteiger partial charge in [-0.1, -0.05) is 13.8 Å². The second-order valence-corrected chi connectivity index (χ2v) is 9.60. The maximum atomic E-state index is 12.9. The van der Waals surface area contributed by atoms with Crippen LogP contribution in [0.2, 0.25) is 0 Å². The van der Waals surface area contributed by atoms with Crippen LogP contribution in [-0.2, 0) is 14.1 Å². The predicted octanol–water partition coefficient (Wildman–Crippen LogP) is 1.44. The first kappa shape index (κ1) is 19.7. The minimum absolute atomic E-state index is 0.0573. The second-order valence-electron chi connectivity index (χ2n) is 9.60. The van der Waals surface area contributed by atoms with Crippen molar-refractivity contribution in [2.45, 2.75) is 71.0 Å². The van der Waals surface area contributed by atoms with E-state index in [2.05, 4.69) is 31.4 Å². The monoisotopic (exact) mass is 377 g/mol. The molecule has 4 aliphatic heterocycles.